The van der Waals surface area contributed by atoms with Crippen molar-refractivity contribution in [2.24, 2.45) is 5.73 Å². The van der Waals surface area contributed by atoms with E-state index in [1.165, 1.54) is 6.20 Å². The Morgan fingerprint density at radius 3 is 2.60 bits per heavy atom. The SMILES string of the molecule is CC(C)c1c(CCNC(=O)O)cccc1Oc1ccc(C(N)=O)cn1. The van der Waals surface area contributed by atoms with Crippen LogP contribution in [0, 0.1) is 0 Å². The molecule has 2 aromatic rings. The fourth-order valence-corrected chi connectivity index (χ4v) is 2.55. The molecule has 0 bridgehead atoms. The van der Waals surface area contributed by atoms with E-state index in [1.807, 2.05) is 32.0 Å². The molecule has 0 saturated carbocycles. The van der Waals surface area contributed by atoms with Crippen molar-refractivity contribution in [1.29, 1.82) is 0 Å². The first-order chi connectivity index (χ1) is 11.9. The number of amides is 2. The van der Waals surface area contributed by atoms with Crippen molar-refractivity contribution in [3.63, 3.8) is 0 Å². The van der Waals surface area contributed by atoms with Crippen molar-refractivity contribution in [1.82, 2.24) is 10.3 Å². The van der Waals surface area contributed by atoms with Crippen LogP contribution >= 0.6 is 0 Å². The number of primary amides is 1. The number of carbonyl (C=O) groups is 2. The monoisotopic (exact) mass is 343 g/mol. The zero-order chi connectivity index (χ0) is 18.4. The molecule has 0 fully saturated rings. The Balaban J connectivity index is 2.24. The summed E-state index contributed by atoms with van der Waals surface area (Å²) in [6.07, 6.45) is 0.885. The molecule has 0 aliphatic carbocycles. The maximum atomic E-state index is 11.1. The average Bonchev–Trinajstić information content (AvgIpc) is 2.55. The summed E-state index contributed by atoms with van der Waals surface area (Å²) in [6.45, 7) is 4.41. The number of carboxylic acid groups (broad SMARTS) is 1. The molecular weight excluding hydrogens is 322 g/mol. The van der Waals surface area contributed by atoms with Crippen LogP contribution < -0.4 is 15.8 Å². The van der Waals surface area contributed by atoms with Crippen molar-refractivity contribution in [3.8, 4) is 11.6 Å². The highest BCUT2D eigenvalue weighted by atomic mass is 16.5. The molecule has 2 amide bonds. The van der Waals surface area contributed by atoms with E-state index in [2.05, 4.69) is 10.3 Å². The van der Waals surface area contributed by atoms with E-state index in [-0.39, 0.29) is 5.92 Å². The topological polar surface area (TPSA) is 115 Å². The molecule has 1 aromatic carbocycles. The molecule has 1 aromatic heterocycles. The van der Waals surface area contributed by atoms with Crippen molar-refractivity contribution in [2.45, 2.75) is 26.2 Å². The van der Waals surface area contributed by atoms with Crippen molar-refractivity contribution < 1.29 is 19.4 Å². The van der Waals surface area contributed by atoms with Gasteiger partial charge in [0, 0.05) is 24.4 Å². The Hall–Kier alpha value is -3.09. The second-order valence-electron chi connectivity index (χ2n) is 5.82. The van der Waals surface area contributed by atoms with E-state index >= 15 is 0 Å². The molecule has 1 heterocycles. The van der Waals surface area contributed by atoms with Gasteiger partial charge >= 0.3 is 6.09 Å². The molecule has 7 heteroatoms. The minimum Gasteiger partial charge on any atom is -0.465 e. The predicted molar refractivity (Wildman–Crippen MR) is 93.1 cm³/mol. The first-order valence-corrected chi connectivity index (χ1v) is 7.90. The van der Waals surface area contributed by atoms with Crippen molar-refractivity contribution in [3.05, 3.63) is 53.2 Å². The Kier molecular flexibility index (Phi) is 5.94. The Morgan fingerprint density at radius 2 is 2.04 bits per heavy atom. The lowest BCUT2D eigenvalue weighted by molar-refractivity contribution is 0.1000. The minimum atomic E-state index is -1.04. The highest BCUT2D eigenvalue weighted by Crippen LogP contribution is 2.33. The summed E-state index contributed by atoms with van der Waals surface area (Å²) in [5, 5.41) is 11.1. The van der Waals surface area contributed by atoms with Gasteiger partial charge in [-0.1, -0.05) is 26.0 Å². The van der Waals surface area contributed by atoms with Crippen LogP contribution in [0.4, 0.5) is 4.79 Å². The molecule has 0 spiro atoms. The third-order valence-electron chi connectivity index (χ3n) is 3.64. The second-order valence-corrected chi connectivity index (χ2v) is 5.82. The van der Waals surface area contributed by atoms with Crippen LogP contribution in [0.5, 0.6) is 11.6 Å². The van der Waals surface area contributed by atoms with Gasteiger partial charge in [0.15, 0.2) is 0 Å². The first-order valence-electron chi connectivity index (χ1n) is 7.90. The zero-order valence-corrected chi connectivity index (χ0v) is 14.2. The van der Waals surface area contributed by atoms with Crippen LogP contribution in [0.15, 0.2) is 36.5 Å². The quantitative estimate of drug-likeness (QED) is 0.715. The summed E-state index contributed by atoms with van der Waals surface area (Å²) < 4.78 is 5.87. The Morgan fingerprint density at radius 1 is 1.28 bits per heavy atom. The van der Waals surface area contributed by atoms with Crippen LogP contribution in [-0.2, 0) is 6.42 Å². The van der Waals surface area contributed by atoms with Gasteiger partial charge < -0.3 is 20.9 Å². The summed E-state index contributed by atoms with van der Waals surface area (Å²) >= 11 is 0. The number of pyridine rings is 1. The maximum absolute atomic E-state index is 11.1. The van der Waals surface area contributed by atoms with Gasteiger partial charge in [-0.2, -0.15) is 0 Å². The van der Waals surface area contributed by atoms with Crippen LogP contribution in [0.25, 0.3) is 0 Å². The number of nitrogens with two attached hydrogens (primary N) is 1. The van der Waals surface area contributed by atoms with Crippen molar-refractivity contribution >= 4 is 12.0 Å². The molecule has 0 saturated heterocycles. The normalized spacial score (nSPS) is 10.5. The lowest BCUT2D eigenvalue weighted by atomic mass is 9.94. The lowest BCUT2D eigenvalue weighted by Gasteiger charge is -2.18. The number of rotatable bonds is 7. The van der Waals surface area contributed by atoms with E-state index in [0.29, 0.717) is 30.2 Å². The predicted octanol–water partition coefficient (Wildman–Crippen LogP) is 2.91. The molecule has 0 unspecified atom stereocenters. The Labute approximate surface area is 145 Å². The highest BCUT2D eigenvalue weighted by Gasteiger charge is 2.14. The van der Waals surface area contributed by atoms with E-state index in [4.69, 9.17) is 15.6 Å². The number of hydrogen-bond donors (Lipinski definition) is 3. The molecule has 0 radical (unpaired) electrons. The van der Waals surface area contributed by atoms with Gasteiger partial charge in [0.25, 0.3) is 0 Å². The molecule has 0 aliphatic heterocycles. The van der Waals surface area contributed by atoms with Gasteiger partial charge in [0.2, 0.25) is 11.8 Å². The number of nitrogens with zero attached hydrogens (tertiary/aromatic N) is 1. The molecule has 0 aliphatic rings. The molecule has 132 valence electrons. The third kappa shape index (κ3) is 4.94. The Bertz CT molecular complexity index is 757. The zero-order valence-electron chi connectivity index (χ0n) is 14.2. The minimum absolute atomic E-state index is 0.181. The first kappa shape index (κ1) is 18.3. The van der Waals surface area contributed by atoms with E-state index in [0.717, 1.165) is 11.1 Å². The number of hydrogen-bond acceptors (Lipinski definition) is 4. The fraction of sp³-hybridized carbons (Fsp3) is 0.278. The number of carbonyl (C=O) groups excluding carboxylic acids is 1. The third-order valence-corrected chi connectivity index (χ3v) is 3.64. The summed E-state index contributed by atoms with van der Waals surface area (Å²) in [5.74, 6) is 0.644. The summed E-state index contributed by atoms with van der Waals surface area (Å²) in [6, 6.07) is 8.79. The number of benzene rings is 1. The van der Waals surface area contributed by atoms with Crippen LogP contribution in [-0.4, -0.2) is 28.6 Å². The van der Waals surface area contributed by atoms with Gasteiger partial charge in [-0.15, -0.1) is 0 Å². The standard InChI is InChI=1S/C18H21N3O4/c1-11(2)16-12(8-9-20-18(23)24)4-3-5-14(16)25-15-7-6-13(10-21-15)17(19)22/h3-7,10-11,20H,8-9H2,1-2H3,(H2,19,22)(H,23,24). The summed E-state index contributed by atoms with van der Waals surface area (Å²) in [7, 11) is 0. The molecular formula is C18H21N3O4. The molecule has 0 atom stereocenters. The number of nitrogens with one attached hydrogen (secondary N) is 1. The molecule has 25 heavy (non-hydrogen) atoms. The molecule has 4 N–H and O–H groups in total. The maximum Gasteiger partial charge on any atom is 0.404 e. The highest BCUT2D eigenvalue weighted by molar-refractivity contribution is 5.92. The van der Waals surface area contributed by atoms with Crippen LogP contribution in [0.3, 0.4) is 0 Å². The van der Waals surface area contributed by atoms with Crippen LogP contribution in [0.1, 0.15) is 41.3 Å². The summed E-state index contributed by atoms with van der Waals surface area (Å²) in [4.78, 5) is 25.8. The summed E-state index contributed by atoms with van der Waals surface area (Å²) in [5.41, 5.74) is 7.52. The fourth-order valence-electron chi connectivity index (χ4n) is 2.55. The van der Waals surface area contributed by atoms with Gasteiger partial charge in [-0.25, -0.2) is 9.78 Å². The van der Waals surface area contributed by atoms with Gasteiger partial charge in [-0.3, -0.25) is 4.79 Å². The van der Waals surface area contributed by atoms with Gasteiger partial charge in [-0.05, 0) is 30.0 Å². The lowest BCUT2D eigenvalue weighted by Crippen LogP contribution is -2.23. The number of ether oxygens (including phenoxy) is 1. The van der Waals surface area contributed by atoms with E-state index < -0.39 is 12.0 Å². The molecule has 7 nitrogen and oxygen atoms in total. The smallest absolute Gasteiger partial charge is 0.404 e. The second kappa shape index (κ2) is 8.14. The van der Waals surface area contributed by atoms with Gasteiger partial charge in [0.1, 0.15) is 5.75 Å². The average molecular weight is 343 g/mol. The van der Waals surface area contributed by atoms with Crippen molar-refractivity contribution in [2.75, 3.05) is 6.54 Å². The largest absolute Gasteiger partial charge is 0.465 e. The van der Waals surface area contributed by atoms with Gasteiger partial charge in [0.05, 0.1) is 5.56 Å². The van der Waals surface area contributed by atoms with E-state index in [1.54, 1.807) is 12.1 Å². The van der Waals surface area contributed by atoms with E-state index in [9.17, 15) is 9.59 Å². The van der Waals surface area contributed by atoms with Crippen LogP contribution in [0.2, 0.25) is 0 Å². The molecule has 2 rings (SSSR count). The number of aromatic nitrogens is 1.